The lowest BCUT2D eigenvalue weighted by atomic mass is 10.1. The standard InChI is InChI=1S/C17H18Cl2N2O/c1-21(10-9-13-5-3-2-4-6-13)12-17(22)20-16-8-7-14(18)11-15(16)19/h2-8,11H,9-10,12H2,1H3,(H,20,22). The first-order valence-corrected chi connectivity index (χ1v) is 7.77. The van der Waals surface area contributed by atoms with Gasteiger partial charge in [-0.2, -0.15) is 0 Å². The van der Waals surface area contributed by atoms with Crippen molar-refractivity contribution in [1.29, 1.82) is 0 Å². The highest BCUT2D eigenvalue weighted by Gasteiger charge is 2.09. The lowest BCUT2D eigenvalue weighted by Crippen LogP contribution is -2.31. The first-order chi connectivity index (χ1) is 10.5. The Morgan fingerprint density at radius 2 is 1.86 bits per heavy atom. The van der Waals surface area contributed by atoms with E-state index < -0.39 is 0 Å². The van der Waals surface area contributed by atoms with Crippen molar-refractivity contribution in [2.24, 2.45) is 0 Å². The van der Waals surface area contributed by atoms with Crippen LogP contribution in [0.1, 0.15) is 5.56 Å². The molecule has 0 atom stereocenters. The van der Waals surface area contributed by atoms with E-state index in [2.05, 4.69) is 17.4 Å². The van der Waals surface area contributed by atoms with Gasteiger partial charge in [0.2, 0.25) is 5.91 Å². The van der Waals surface area contributed by atoms with E-state index in [1.54, 1.807) is 18.2 Å². The summed E-state index contributed by atoms with van der Waals surface area (Å²) in [5.41, 5.74) is 1.84. The zero-order valence-corrected chi connectivity index (χ0v) is 13.9. The fraction of sp³-hybridized carbons (Fsp3) is 0.235. The number of nitrogens with one attached hydrogen (secondary N) is 1. The molecule has 0 radical (unpaired) electrons. The Morgan fingerprint density at radius 3 is 2.55 bits per heavy atom. The molecule has 0 aromatic heterocycles. The summed E-state index contributed by atoms with van der Waals surface area (Å²) >= 11 is 11.9. The lowest BCUT2D eigenvalue weighted by molar-refractivity contribution is -0.117. The molecular weight excluding hydrogens is 319 g/mol. The summed E-state index contributed by atoms with van der Waals surface area (Å²) in [6, 6.07) is 15.2. The van der Waals surface area contributed by atoms with Crippen molar-refractivity contribution < 1.29 is 4.79 Å². The molecule has 0 fully saturated rings. The number of carbonyl (C=O) groups is 1. The minimum absolute atomic E-state index is 0.0974. The van der Waals surface area contributed by atoms with Gasteiger partial charge in [-0.1, -0.05) is 53.5 Å². The minimum atomic E-state index is -0.0974. The average molecular weight is 337 g/mol. The summed E-state index contributed by atoms with van der Waals surface area (Å²) in [5.74, 6) is -0.0974. The quantitative estimate of drug-likeness (QED) is 0.860. The van der Waals surface area contributed by atoms with Crippen molar-refractivity contribution in [2.45, 2.75) is 6.42 Å². The number of benzene rings is 2. The van der Waals surface area contributed by atoms with Crippen LogP contribution in [0.15, 0.2) is 48.5 Å². The highest BCUT2D eigenvalue weighted by Crippen LogP contribution is 2.25. The van der Waals surface area contributed by atoms with E-state index in [1.807, 2.05) is 30.1 Å². The van der Waals surface area contributed by atoms with Gasteiger partial charge in [0.25, 0.3) is 0 Å². The Bertz CT molecular complexity index is 632. The predicted molar refractivity (Wildman–Crippen MR) is 92.7 cm³/mol. The second kappa shape index (κ2) is 8.18. The van der Waals surface area contributed by atoms with Crippen molar-refractivity contribution in [3.8, 4) is 0 Å². The summed E-state index contributed by atoms with van der Waals surface area (Å²) < 4.78 is 0. The van der Waals surface area contributed by atoms with Crippen LogP contribution in [0, 0.1) is 0 Å². The van der Waals surface area contributed by atoms with Gasteiger partial charge >= 0.3 is 0 Å². The molecule has 3 nitrogen and oxygen atoms in total. The maximum Gasteiger partial charge on any atom is 0.238 e. The molecule has 1 amide bonds. The molecule has 0 saturated heterocycles. The molecule has 2 aromatic rings. The first-order valence-electron chi connectivity index (χ1n) is 7.02. The molecular formula is C17H18Cl2N2O. The van der Waals surface area contributed by atoms with Crippen molar-refractivity contribution in [1.82, 2.24) is 4.90 Å². The van der Waals surface area contributed by atoms with Crippen molar-refractivity contribution in [3.05, 3.63) is 64.1 Å². The van der Waals surface area contributed by atoms with Gasteiger partial charge < -0.3 is 5.32 Å². The molecule has 22 heavy (non-hydrogen) atoms. The summed E-state index contributed by atoms with van der Waals surface area (Å²) in [7, 11) is 1.92. The van der Waals surface area contributed by atoms with E-state index in [-0.39, 0.29) is 5.91 Å². The molecule has 0 aliphatic rings. The third-order valence-electron chi connectivity index (χ3n) is 3.24. The maximum absolute atomic E-state index is 12.0. The van der Waals surface area contributed by atoms with Gasteiger partial charge in [0, 0.05) is 11.6 Å². The van der Waals surface area contributed by atoms with Crippen LogP contribution in [-0.2, 0) is 11.2 Å². The van der Waals surface area contributed by atoms with Crippen molar-refractivity contribution >= 4 is 34.8 Å². The molecule has 1 N–H and O–H groups in total. The third kappa shape index (κ3) is 5.34. The van der Waals surface area contributed by atoms with E-state index in [1.165, 1.54) is 5.56 Å². The highest BCUT2D eigenvalue weighted by atomic mass is 35.5. The summed E-state index contributed by atoms with van der Waals surface area (Å²) in [4.78, 5) is 14.0. The molecule has 5 heteroatoms. The Kier molecular flexibility index (Phi) is 6.25. The van der Waals surface area contributed by atoms with Crippen LogP contribution in [0.3, 0.4) is 0 Å². The van der Waals surface area contributed by atoms with E-state index in [4.69, 9.17) is 23.2 Å². The van der Waals surface area contributed by atoms with Crippen LogP contribution < -0.4 is 5.32 Å². The maximum atomic E-state index is 12.0. The number of amides is 1. The molecule has 0 aliphatic heterocycles. The van der Waals surface area contributed by atoms with Crippen molar-refractivity contribution in [3.63, 3.8) is 0 Å². The fourth-order valence-corrected chi connectivity index (χ4v) is 2.53. The number of anilines is 1. The van der Waals surface area contributed by atoms with Gasteiger partial charge in [-0.25, -0.2) is 0 Å². The molecule has 2 rings (SSSR count). The molecule has 0 unspecified atom stereocenters. The van der Waals surface area contributed by atoms with Gasteiger partial charge in [-0.05, 0) is 37.2 Å². The average Bonchev–Trinajstić information content (AvgIpc) is 2.49. The van der Waals surface area contributed by atoms with Crippen LogP contribution in [0.25, 0.3) is 0 Å². The number of hydrogen-bond acceptors (Lipinski definition) is 2. The zero-order chi connectivity index (χ0) is 15.9. The van der Waals surface area contributed by atoms with Gasteiger partial charge in [0.1, 0.15) is 0 Å². The Morgan fingerprint density at radius 1 is 1.14 bits per heavy atom. The van der Waals surface area contributed by atoms with E-state index >= 15 is 0 Å². The molecule has 0 bridgehead atoms. The van der Waals surface area contributed by atoms with Crippen LogP contribution in [0.5, 0.6) is 0 Å². The zero-order valence-electron chi connectivity index (χ0n) is 12.4. The third-order valence-corrected chi connectivity index (χ3v) is 3.79. The molecule has 0 saturated carbocycles. The van der Waals surface area contributed by atoms with E-state index in [9.17, 15) is 4.79 Å². The molecule has 0 spiro atoms. The van der Waals surface area contributed by atoms with Crippen LogP contribution >= 0.6 is 23.2 Å². The molecule has 0 aliphatic carbocycles. The summed E-state index contributed by atoms with van der Waals surface area (Å²) in [6.45, 7) is 1.12. The Hall–Kier alpha value is -1.55. The Labute approximate surface area is 140 Å². The molecule has 116 valence electrons. The SMILES string of the molecule is CN(CCc1ccccc1)CC(=O)Nc1ccc(Cl)cc1Cl. The van der Waals surface area contributed by atoms with Gasteiger partial charge in [0.15, 0.2) is 0 Å². The summed E-state index contributed by atoms with van der Waals surface area (Å²) in [6.07, 6.45) is 0.909. The molecule has 2 aromatic carbocycles. The highest BCUT2D eigenvalue weighted by molar-refractivity contribution is 6.36. The van der Waals surface area contributed by atoms with Gasteiger partial charge in [0.05, 0.1) is 17.3 Å². The predicted octanol–water partition coefficient (Wildman–Crippen LogP) is 4.11. The fourth-order valence-electron chi connectivity index (χ4n) is 2.07. The number of carbonyl (C=O) groups excluding carboxylic acids is 1. The van der Waals surface area contributed by atoms with Crippen LogP contribution in [0.2, 0.25) is 10.0 Å². The van der Waals surface area contributed by atoms with Gasteiger partial charge in [-0.15, -0.1) is 0 Å². The van der Waals surface area contributed by atoms with Crippen LogP contribution in [0.4, 0.5) is 5.69 Å². The van der Waals surface area contributed by atoms with Gasteiger partial charge in [-0.3, -0.25) is 9.69 Å². The number of rotatable bonds is 6. The smallest absolute Gasteiger partial charge is 0.238 e. The minimum Gasteiger partial charge on any atom is -0.324 e. The topological polar surface area (TPSA) is 32.3 Å². The largest absolute Gasteiger partial charge is 0.324 e. The van der Waals surface area contributed by atoms with E-state index in [0.29, 0.717) is 22.3 Å². The van der Waals surface area contributed by atoms with E-state index in [0.717, 1.165) is 13.0 Å². The first kappa shape index (κ1) is 16.8. The number of likely N-dealkylation sites (N-methyl/N-ethyl adjacent to an activating group) is 1. The second-order valence-electron chi connectivity index (χ2n) is 5.15. The second-order valence-corrected chi connectivity index (χ2v) is 5.99. The monoisotopic (exact) mass is 336 g/mol. The molecule has 0 heterocycles. The normalized spacial score (nSPS) is 10.7. The summed E-state index contributed by atoms with van der Waals surface area (Å²) in [5, 5.41) is 3.78. The lowest BCUT2D eigenvalue weighted by Gasteiger charge is -2.16. The number of hydrogen-bond donors (Lipinski definition) is 1. The number of halogens is 2. The van der Waals surface area contributed by atoms with Crippen molar-refractivity contribution in [2.75, 3.05) is 25.5 Å². The number of nitrogens with zero attached hydrogens (tertiary/aromatic N) is 1. The van der Waals surface area contributed by atoms with Crippen LogP contribution in [-0.4, -0.2) is 30.9 Å². The Balaban J connectivity index is 1.81.